The molecule has 6 N–H and O–H groups in total. The number of carbonyl (C=O) groups is 1. The molecule has 1 atom stereocenters. The van der Waals surface area contributed by atoms with Gasteiger partial charge in [0.15, 0.2) is 0 Å². The topological polar surface area (TPSA) is 108 Å². The van der Waals surface area contributed by atoms with Crippen molar-refractivity contribution in [2.45, 2.75) is 19.4 Å². The molecule has 6 nitrogen and oxygen atoms in total. The fourth-order valence-electron chi connectivity index (χ4n) is 3.18. The Hall–Kier alpha value is -3.30. The monoisotopic (exact) mass is 375 g/mol. The molecule has 144 valence electrons. The van der Waals surface area contributed by atoms with E-state index in [9.17, 15) is 4.79 Å². The zero-order valence-electron chi connectivity index (χ0n) is 16.0. The van der Waals surface area contributed by atoms with E-state index in [0.717, 1.165) is 29.8 Å². The molecule has 1 fully saturated rings. The highest BCUT2D eigenvalue weighted by Gasteiger charge is 2.25. The molecule has 3 rings (SSSR count). The van der Waals surface area contributed by atoms with Gasteiger partial charge < -0.3 is 21.7 Å². The Bertz CT molecular complexity index is 940. The fourth-order valence-corrected chi connectivity index (χ4v) is 3.18. The van der Waals surface area contributed by atoms with Crippen LogP contribution in [0.15, 0.2) is 42.5 Å². The molecule has 1 amide bonds. The van der Waals surface area contributed by atoms with Crippen LogP contribution in [-0.4, -0.2) is 42.3 Å². The molecule has 6 heteroatoms. The second-order valence-corrected chi connectivity index (χ2v) is 6.98. The van der Waals surface area contributed by atoms with Gasteiger partial charge in [-0.15, -0.1) is 0 Å². The van der Waals surface area contributed by atoms with Crippen LogP contribution < -0.4 is 16.8 Å². The average Bonchev–Trinajstić information content (AvgIpc) is 3.11. The third-order valence-electron chi connectivity index (χ3n) is 4.78. The van der Waals surface area contributed by atoms with E-state index < -0.39 is 0 Å². The molecule has 2 aromatic carbocycles. The standard InChI is InChI=1S/C22H25N5O/c1-15-13-16(4-9-20(15)22(28)27-12-10-18(23)14-27)3-2-11-26-19-7-5-17(6-8-19)21(24)25/h4-9,13,18,26H,10-12,14,23H2,1H3,(H3,24,25). The first-order valence-electron chi connectivity index (χ1n) is 9.27. The number of aryl methyl sites for hydroxylation is 1. The lowest BCUT2D eigenvalue weighted by Crippen LogP contribution is -2.32. The van der Waals surface area contributed by atoms with Crippen LogP contribution >= 0.6 is 0 Å². The molecule has 1 aliphatic heterocycles. The second-order valence-electron chi connectivity index (χ2n) is 6.98. The molecular weight excluding hydrogens is 350 g/mol. The first-order valence-corrected chi connectivity index (χ1v) is 9.27. The summed E-state index contributed by atoms with van der Waals surface area (Å²) in [6.07, 6.45) is 0.860. The van der Waals surface area contributed by atoms with Crippen molar-refractivity contribution in [1.82, 2.24) is 4.90 Å². The third kappa shape index (κ3) is 4.70. The van der Waals surface area contributed by atoms with E-state index in [0.29, 0.717) is 24.2 Å². The number of hydrogen-bond acceptors (Lipinski definition) is 4. The summed E-state index contributed by atoms with van der Waals surface area (Å²) in [5.41, 5.74) is 15.5. The maximum absolute atomic E-state index is 12.6. The molecule has 1 saturated heterocycles. The maximum Gasteiger partial charge on any atom is 0.254 e. The number of hydrogen-bond donors (Lipinski definition) is 4. The van der Waals surface area contributed by atoms with Gasteiger partial charge in [-0.3, -0.25) is 10.2 Å². The lowest BCUT2D eigenvalue weighted by molar-refractivity contribution is 0.0790. The lowest BCUT2D eigenvalue weighted by atomic mass is 10.0. The Balaban J connectivity index is 1.59. The van der Waals surface area contributed by atoms with Gasteiger partial charge in [-0.05, 0) is 61.4 Å². The number of nitrogens with two attached hydrogens (primary N) is 2. The molecule has 1 aliphatic rings. The van der Waals surface area contributed by atoms with E-state index in [1.807, 2.05) is 42.2 Å². The molecule has 28 heavy (non-hydrogen) atoms. The molecular formula is C22H25N5O. The van der Waals surface area contributed by atoms with Crippen LogP contribution in [0.2, 0.25) is 0 Å². The van der Waals surface area contributed by atoms with Crippen molar-refractivity contribution >= 4 is 17.4 Å². The van der Waals surface area contributed by atoms with Gasteiger partial charge in [-0.25, -0.2) is 0 Å². The summed E-state index contributed by atoms with van der Waals surface area (Å²) in [4.78, 5) is 14.4. The normalized spacial score (nSPS) is 15.6. The van der Waals surface area contributed by atoms with Crippen LogP contribution in [0, 0.1) is 24.2 Å². The van der Waals surface area contributed by atoms with E-state index in [1.165, 1.54) is 0 Å². The third-order valence-corrected chi connectivity index (χ3v) is 4.78. The van der Waals surface area contributed by atoms with Crippen molar-refractivity contribution in [3.05, 3.63) is 64.7 Å². The molecule has 0 spiro atoms. The van der Waals surface area contributed by atoms with E-state index in [4.69, 9.17) is 16.9 Å². The van der Waals surface area contributed by atoms with Gasteiger partial charge in [-0.2, -0.15) is 0 Å². The van der Waals surface area contributed by atoms with E-state index in [2.05, 4.69) is 17.2 Å². The largest absolute Gasteiger partial charge is 0.384 e. The van der Waals surface area contributed by atoms with Gasteiger partial charge in [-0.1, -0.05) is 11.8 Å². The zero-order valence-corrected chi connectivity index (χ0v) is 16.0. The first-order chi connectivity index (χ1) is 13.4. The molecule has 0 saturated carbocycles. The van der Waals surface area contributed by atoms with Gasteiger partial charge in [0.1, 0.15) is 5.84 Å². The Labute approximate surface area is 165 Å². The number of nitrogens with zero attached hydrogens (tertiary/aromatic N) is 1. The van der Waals surface area contributed by atoms with Crippen molar-refractivity contribution in [3.63, 3.8) is 0 Å². The number of nitrogen functional groups attached to an aromatic ring is 1. The van der Waals surface area contributed by atoms with Crippen LogP contribution in [0.25, 0.3) is 0 Å². The molecule has 0 bridgehead atoms. The number of nitrogens with one attached hydrogen (secondary N) is 2. The number of carbonyl (C=O) groups excluding carboxylic acids is 1. The molecule has 1 heterocycles. The van der Waals surface area contributed by atoms with Gasteiger partial charge in [0.25, 0.3) is 5.91 Å². The van der Waals surface area contributed by atoms with Crippen molar-refractivity contribution in [1.29, 1.82) is 5.41 Å². The summed E-state index contributed by atoms with van der Waals surface area (Å²) in [7, 11) is 0. The highest BCUT2D eigenvalue weighted by molar-refractivity contribution is 5.96. The minimum Gasteiger partial charge on any atom is -0.384 e. The summed E-state index contributed by atoms with van der Waals surface area (Å²) in [6.45, 7) is 3.77. The molecule has 0 radical (unpaired) electrons. The number of benzene rings is 2. The Kier molecular flexibility index (Phi) is 5.97. The van der Waals surface area contributed by atoms with Crippen LogP contribution in [0.5, 0.6) is 0 Å². The number of rotatable bonds is 4. The second kappa shape index (κ2) is 8.59. The van der Waals surface area contributed by atoms with E-state index in [-0.39, 0.29) is 17.8 Å². The smallest absolute Gasteiger partial charge is 0.254 e. The van der Waals surface area contributed by atoms with Crippen molar-refractivity contribution in [3.8, 4) is 11.8 Å². The Morgan fingerprint density at radius 2 is 2.04 bits per heavy atom. The van der Waals surface area contributed by atoms with Crippen molar-refractivity contribution < 1.29 is 4.79 Å². The lowest BCUT2D eigenvalue weighted by Gasteiger charge is -2.17. The number of amides is 1. The molecule has 1 unspecified atom stereocenters. The highest BCUT2D eigenvalue weighted by atomic mass is 16.2. The van der Waals surface area contributed by atoms with Gasteiger partial charge in [0.2, 0.25) is 0 Å². The minimum absolute atomic E-state index is 0.0423. The average molecular weight is 375 g/mol. The minimum atomic E-state index is 0.0423. The Morgan fingerprint density at radius 1 is 1.29 bits per heavy atom. The van der Waals surface area contributed by atoms with Crippen molar-refractivity contribution in [2.24, 2.45) is 11.5 Å². The van der Waals surface area contributed by atoms with Gasteiger partial charge >= 0.3 is 0 Å². The van der Waals surface area contributed by atoms with E-state index in [1.54, 1.807) is 12.1 Å². The molecule has 0 aliphatic carbocycles. The number of anilines is 1. The molecule has 0 aromatic heterocycles. The summed E-state index contributed by atoms with van der Waals surface area (Å²) < 4.78 is 0. The SMILES string of the molecule is Cc1cc(C#CCNc2ccc(C(=N)N)cc2)ccc1C(=O)N1CCC(N)C1. The molecule has 2 aromatic rings. The van der Waals surface area contributed by atoms with Crippen LogP contribution in [0.3, 0.4) is 0 Å². The number of amidine groups is 1. The van der Waals surface area contributed by atoms with Crippen LogP contribution in [0.1, 0.15) is 33.5 Å². The first kappa shape index (κ1) is 19.5. The Morgan fingerprint density at radius 3 is 2.64 bits per heavy atom. The van der Waals surface area contributed by atoms with Crippen LogP contribution in [0.4, 0.5) is 5.69 Å². The number of likely N-dealkylation sites (tertiary alicyclic amines) is 1. The van der Waals surface area contributed by atoms with E-state index >= 15 is 0 Å². The van der Waals surface area contributed by atoms with Crippen molar-refractivity contribution in [2.75, 3.05) is 25.0 Å². The fraction of sp³-hybridized carbons (Fsp3) is 0.273. The predicted octanol–water partition coefficient (Wildman–Crippen LogP) is 1.92. The van der Waals surface area contributed by atoms with Crippen LogP contribution in [-0.2, 0) is 0 Å². The quantitative estimate of drug-likeness (QED) is 0.372. The summed E-state index contributed by atoms with van der Waals surface area (Å²) in [5.74, 6) is 6.30. The van der Waals surface area contributed by atoms with Gasteiger partial charge in [0, 0.05) is 41.5 Å². The predicted molar refractivity (Wildman–Crippen MR) is 113 cm³/mol. The highest BCUT2D eigenvalue weighted by Crippen LogP contribution is 2.17. The maximum atomic E-state index is 12.6. The summed E-state index contributed by atoms with van der Waals surface area (Å²) >= 11 is 0. The summed E-state index contributed by atoms with van der Waals surface area (Å²) in [6, 6.07) is 13.1. The van der Waals surface area contributed by atoms with Gasteiger partial charge in [0.05, 0.1) is 6.54 Å². The summed E-state index contributed by atoms with van der Waals surface area (Å²) in [5, 5.41) is 10.6. The zero-order chi connectivity index (χ0) is 20.1.